The standard InChI is InChI=1S/C21H28N4O2.2CH2O2/c22-20(26)15-27-18-7-3-5-16(13-18)21-23-9-12-25(21)14-17-6-4-11-24-10-2-1-8-19(17)24;2*2-1-3/h3,5,7,9,12-13,17,19H,1-2,4,6,8,10-11,14-15H2,(H2,22,26);2*1H,(H,2,3)/t17-,19+;;/m0../s1. The van der Waals surface area contributed by atoms with Gasteiger partial charge in [-0.25, -0.2) is 4.98 Å². The topological polar surface area (TPSA) is 148 Å². The number of ether oxygens (including phenoxy) is 1. The molecular formula is C23H32N4O6. The van der Waals surface area contributed by atoms with Crippen molar-refractivity contribution in [2.45, 2.75) is 44.7 Å². The quantitative estimate of drug-likeness (QED) is 0.555. The molecule has 2 saturated heterocycles. The van der Waals surface area contributed by atoms with Crippen LogP contribution in [0, 0.1) is 5.92 Å². The van der Waals surface area contributed by atoms with Gasteiger partial charge in [-0.15, -0.1) is 0 Å². The Hall–Kier alpha value is -3.40. The lowest BCUT2D eigenvalue weighted by atomic mass is 9.83. The van der Waals surface area contributed by atoms with Gasteiger partial charge in [0, 0.05) is 30.5 Å². The van der Waals surface area contributed by atoms with Crippen molar-refractivity contribution >= 4 is 18.9 Å². The van der Waals surface area contributed by atoms with Gasteiger partial charge < -0.3 is 30.2 Å². The van der Waals surface area contributed by atoms with Crippen molar-refractivity contribution in [2.24, 2.45) is 11.7 Å². The number of aromatic nitrogens is 2. The van der Waals surface area contributed by atoms with Crippen LogP contribution in [-0.4, -0.2) is 69.3 Å². The lowest BCUT2D eigenvalue weighted by Gasteiger charge is -2.44. The van der Waals surface area contributed by atoms with Crippen LogP contribution in [0.25, 0.3) is 11.4 Å². The Morgan fingerprint density at radius 1 is 1.15 bits per heavy atom. The minimum Gasteiger partial charge on any atom is -0.484 e. The first kappa shape index (κ1) is 25.9. The first-order valence-corrected chi connectivity index (χ1v) is 11.0. The molecule has 4 N–H and O–H groups in total. The summed E-state index contributed by atoms with van der Waals surface area (Å²) in [6.45, 7) is 2.91. The fraction of sp³-hybridized carbons (Fsp3) is 0.478. The summed E-state index contributed by atoms with van der Waals surface area (Å²) in [4.78, 5) is 35.0. The number of piperidine rings is 2. The highest BCUT2D eigenvalue weighted by Crippen LogP contribution is 2.33. The monoisotopic (exact) mass is 460 g/mol. The van der Waals surface area contributed by atoms with E-state index in [2.05, 4.69) is 20.6 Å². The Bertz CT molecular complexity index is 879. The van der Waals surface area contributed by atoms with E-state index in [1.54, 1.807) is 0 Å². The van der Waals surface area contributed by atoms with Crippen LogP contribution in [-0.2, 0) is 20.9 Å². The molecule has 2 atom stereocenters. The summed E-state index contributed by atoms with van der Waals surface area (Å²) in [5.74, 6) is 1.79. The number of carbonyl (C=O) groups excluding carboxylic acids is 1. The number of amides is 1. The van der Waals surface area contributed by atoms with E-state index < -0.39 is 5.91 Å². The molecule has 1 aromatic heterocycles. The van der Waals surface area contributed by atoms with Gasteiger partial charge in [-0.2, -0.15) is 0 Å². The number of nitrogens with two attached hydrogens (primary N) is 1. The summed E-state index contributed by atoms with van der Waals surface area (Å²) < 4.78 is 7.72. The number of carbonyl (C=O) groups is 3. The van der Waals surface area contributed by atoms with Gasteiger partial charge in [-0.3, -0.25) is 14.4 Å². The molecule has 0 bridgehead atoms. The first-order valence-electron chi connectivity index (χ1n) is 11.0. The second kappa shape index (κ2) is 13.9. The Labute approximate surface area is 193 Å². The van der Waals surface area contributed by atoms with Gasteiger partial charge in [0.25, 0.3) is 18.9 Å². The second-order valence-electron chi connectivity index (χ2n) is 7.90. The molecule has 4 rings (SSSR count). The maximum atomic E-state index is 11.0. The lowest BCUT2D eigenvalue weighted by Crippen LogP contribution is -2.49. The van der Waals surface area contributed by atoms with Crippen LogP contribution in [0.3, 0.4) is 0 Å². The molecule has 0 radical (unpaired) electrons. The third-order valence-corrected chi connectivity index (χ3v) is 5.85. The highest BCUT2D eigenvalue weighted by molar-refractivity contribution is 5.75. The summed E-state index contributed by atoms with van der Waals surface area (Å²) in [6.07, 6.45) is 10.6. The summed E-state index contributed by atoms with van der Waals surface area (Å²) in [6, 6.07) is 8.43. The molecule has 180 valence electrons. The van der Waals surface area contributed by atoms with Gasteiger partial charge in [0.1, 0.15) is 11.6 Å². The molecule has 0 spiro atoms. The summed E-state index contributed by atoms with van der Waals surface area (Å²) in [5.41, 5.74) is 6.17. The molecule has 0 unspecified atom stereocenters. The number of rotatable bonds is 6. The van der Waals surface area contributed by atoms with E-state index in [1.165, 1.54) is 45.2 Å². The van der Waals surface area contributed by atoms with E-state index in [4.69, 9.17) is 30.3 Å². The third-order valence-electron chi connectivity index (χ3n) is 5.85. The van der Waals surface area contributed by atoms with Crippen molar-refractivity contribution < 1.29 is 29.3 Å². The molecule has 33 heavy (non-hydrogen) atoms. The molecule has 1 aromatic carbocycles. The van der Waals surface area contributed by atoms with Crippen LogP contribution in [0.2, 0.25) is 0 Å². The highest BCUT2D eigenvalue weighted by Gasteiger charge is 2.33. The fourth-order valence-electron chi connectivity index (χ4n) is 4.64. The lowest BCUT2D eigenvalue weighted by molar-refractivity contribution is -0.123. The van der Waals surface area contributed by atoms with Crippen LogP contribution in [0.4, 0.5) is 0 Å². The molecule has 2 aliphatic rings. The smallest absolute Gasteiger partial charge is 0.290 e. The number of primary amides is 1. The van der Waals surface area contributed by atoms with E-state index in [0.29, 0.717) is 17.7 Å². The molecule has 0 saturated carbocycles. The number of nitrogens with zero attached hydrogens (tertiary/aromatic N) is 3. The van der Waals surface area contributed by atoms with Crippen molar-refractivity contribution in [1.29, 1.82) is 0 Å². The Balaban J connectivity index is 0.000000582. The molecule has 2 aliphatic heterocycles. The Kier molecular flexibility index (Phi) is 10.9. The number of imidazole rings is 1. The number of carboxylic acid groups (broad SMARTS) is 2. The van der Waals surface area contributed by atoms with Gasteiger partial charge in [0.2, 0.25) is 0 Å². The van der Waals surface area contributed by atoms with Gasteiger partial charge in [0.15, 0.2) is 6.61 Å². The van der Waals surface area contributed by atoms with Crippen LogP contribution in [0.1, 0.15) is 32.1 Å². The predicted molar refractivity (Wildman–Crippen MR) is 122 cm³/mol. The van der Waals surface area contributed by atoms with Crippen molar-refractivity contribution in [3.8, 4) is 17.1 Å². The molecule has 2 fully saturated rings. The molecule has 10 heteroatoms. The van der Waals surface area contributed by atoms with E-state index >= 15 is 0 Å². The minimum atomic E-state index is -0.476. The highest BCUT2D eigenvalue weighted by atomic mass is 16.5. The number of fused-ring (bicyclic) bond motifs is 1. The van der Waals surface area contributed by atoms with Gasteiger partial charge in [0.05, 0.1) is 0 Å². The maximum absolute atomic E-state index is 11.0. The molecule has 0 aliphatic carbocycles. The van der Waals surface area contributed by atoms with Crippen molar-refractivity contribution in [3.05, 3.63) is 36.7 Å². The van der Waals surface area contributed by atoms with Crippen LogP contribution in [0.15, 0.2) is 36.7 Å². The van der Waals surface area contributed by atoms with E-state index in [1.807, 2.05) is 30.5 Å². The zero-order valence-electron chi connectivity index (χ0n) is 18.6. The predicted octanol–water partition coefficient (Wildman–Crippen LogP) is 2.08. The summed E-state index contributed by atoms with van der Waals surface area (Å²) in [5, 5.41) is 13.8. The van der Waals surface area contributed by atoms with Gasteiger partial charge >= 0.3 is 0 Å². The number of hydrogen-bond acceptors (Lipinski definition) is 6. The van der Waals surface area contributed by atoms with Gasteiger partial charge in [-0.05, 0) is 56.8 Å². The van der Waals surface area contributed by atoms with Crippen molar-refractivity contribution in [3.63, 3.8) is 0 Å². The maximum Gasteiger partial charge on any atom is 0.290 e. The zero-order chi connectivity index (χ0) is 24.1. The molecule has 10 nitrogen and oxygen atoms in total. The average Bonchev–Trinajstić information content (AvgIpc) is 3.27. The van der Waals surface area contributed by atoms with Crippen molar-refractivity contribution in [1.82, 2.24) is 14.5 Å². The largest absolute Gasteiger partial charge is 0.484 e. The van der Waals surface area contributed by atoms with E-state index in [-0.39, 0.29) is 19.6 Å². The first-order chi connectivity index (χ1) is 16.0. The number of hydrogen-bond donors (Lipinski definition) is 3. The normalized spacial score (nSPS) is 19.5. The fourth-order valence-corrected chi connectivity index (χ4v) is 4.64. The molecule has 2 aromatic rings. The van der Waals surface area contributed by atoms with Crippen molar-refractivity contribution in [2.75, 3.05) is 19.7 Å². The molecule has 3 heterocycles. The van der Waals surface area contributed by atoms with E-state index in [9.17, 15) is 4.79 Å². The van der Waals surface area contributed by atoms with E-state index in [0.717, 1.165) is 17.9 Å². The summed E-state index contributed by atoms with van der Waals surface area (Å²) >= 11 is 0. The summed E-state index contributed by atoms with van der Waals surface area (Å²) in [7, 11) is 0. The van der Waals surface area contributed by atoms with Crippen LogP contribution >= 0.6 is 0 Å². The second-order valence-corrected chi connectivity index (χ2v) is 7.90. The third kappa shape index (κ3) is 7.90. The Morgan fingerprint density at radius 2 is 1.88 bits per heavy atom. The minimum absolute atomic E-state index is 0.114. The molecule has 1 amide bonds. The molecular weight excluding hydrogens is 428 g/mol. The van der Waals surface area contributed by atoms with Crippen LogP contribution in [0.5, 0.6) is 5.75 Å². The average molecular weight is 461 g/mol. The van der Waals surface area contributed by atoms with Crippen LogP contribution < -0.4 is 10.5 Å². The Morgan fingerprint density at radius 3 is 2.61 bits per heavy atom. The zero-order valence-corrected chi connectivity index (χ0v) is 18.6. The number of benzene rings is 1. The van der Waals surface area contributed by atoms with Gasteiger partial charge in [-0.1, -0.05) is 18.6 Å². The SMILES string of the molecule is NC(=O)COc1cccc(-c2nccn2C[C@@H]2CCCN3CCCC[C@H]23)c1.O=CO.O=CO.